The molecule has 108 valence electrons. The van der Waals surface area contributed by atoms with E-state index in [1.807, 2.05) is 0 Å². The molecule has 1 saturated heterocycles. The third kappa shape index (κ3) is 2.63. The molecule has 2 atom stereocenters. The van der Waals surface area contributed by atoms with Gasteiger partial charge in [0.15, 0.2) is 0 Å². The fourth-order valence-electron chi connectivity index (χ4n) is 4.22. The lowest BCUT2D eigenvalue weighted by molar-refractivity contribution is 0.0784. The Morgan fingerprint density at radius 3 is 2.38 bits per heavy atom. The summed E-state index contributed by atoms with van der Waals surface area (Å²) in [6, 6.07) is 20.8. The Kier molecular flexibility index (Phi) is 3.52. The molecule has 0 spiro atoms. The molecule has 1 fully saturated rings. The molecule has 1 heterocycles. The number of likely N-dealkylation sites (tertiary alicyclic amines) is 1. The maximum Gasteiger partial charge on any atom is 0.0236 e. The van der Waals surface area contributed by atoms with Crippen molar-refractivity contribution >= 4 is 0 Å². The number of fused-ring (bicyclic) bond motifs is 2. The Labute approximate surface area is 127 Å². The first kappa shape index (κ1) is 13.1. The molecule has 0 bridgehead atoms. The highest BCUT2D eigenvalue weighted by atomic mass is 15.2. The van der Waals surface area contributed by atoms with E-state index in [1.54, 1.807) is 11.1 Å². The lowest BCUT2D eigenvalue weighted by Gasteiger charge is -2.44. The van der Waals surface area contributed by atoms with Crippen molar-refractivity contribution in [3.63, 3.8) is 0 Å². The zero-order chi connectivity index (χ0) is 14.1. The molecule has 2 aromatic carbocycles. The number of hydrogen-bond donors (Lipinski definition) is 0. The highest BCUT2D eigenvalue weighted by molar-refractivity contribution is 5.31. The number of rotatable bonds is 2. The van der Waals surface area contributed by atoms with E-state index in [0.717, 1.165) is 18.5 Å². The maximum absolute atomic E-state index is 2.74. The molecule has 0 radical (unpaired) electrons. The van der Waals surface area contributed by atoms with Gasteiger partial charge in [-0.2, -0.15) is 0 Å². The van der Waals surface area contributed by atoms with Crippen LogP contribution in [0.25, 0.3) is 0 Å². The first-order valence-electron chi connectivity index (χ1n) is 8.25. The monoisotopic (exact) mass is 277 g/mol. The second kappa shape index (κ2) is 5.65. The Hall–Kier alpha value is -1.60. The molecule has 4 rings (SSSR count). The molecule has 1 aliphatic heterocycles. The van der Waals surface area contributed by atoms with Gasteiger partial charge in [-0.25, -0.2) is 0 Å². The predicted molar refractivity (Wildman–Crippen MR) is 87.2 cm³/mol. The summed E-state index contributed by atoms with van der Waals surface area (Å²) in [6.45, 7) is 2.38. The highest BCUT2D eigenvalue weighted by Crippen LogP contribution is 2.35. The van der Waals surface area contributed by atoms with E-state index in [4.69, 9.17) is 0 Å². The van der Waals surface area contributed by atoms with Crippen LogP contribution in [0.5, 0.6) is 0 Å². The van der Waals surface area contributed by atoms with Gasteiger partial charge in [0.1, 0.15) is 0 Å². The standard InChI is InChI=1S/C20H23N/c1-2-7-16(8-3-1)15-21-12-6-11-19-13-17-9-4-5-10-18(17)14-20(19)21/h1-5,7-10,19-20H,6,11-15H2/t19-,20+/m1/s1. The number of nitrogens with zero attached hydrogens (tertiary/aromatic N) is 1. The zero-order valence-corrected chi connectivity index (χ0v) is 12.5. The summed E-state index contributed by atoms with van der Waals surface area (Å²) >= 11 is 0. The van der Waals surface area contributed by atoms with Crippen LogP contribution in [0.3, 0.4) is 0 Å². The first-order chi connectivity index (χ1) is 10.4. The van der Waals surface area contributed by atoms with Gasteiger partial charge in [0.05, 0.1) is 0 Å². The van der Waals surface area contributed by atoms with Crippen molar-refractivity contribution in [2.45, 2.75) is 38.3 Å². The summed E-state index contributed by atoms with van der Waals surface area (Å²) in [6.07, 6.45) is 5.29. The number of benzene rings is 2. The normalized spacial score (nSPS) is 25.1. The lowest BCUT2D eigenvalue weighted by atomic mass is 9.75. The van der Waals surface area contributed by atoms with Crippen molar-refractivity contribution in [1.29, 1.82) is 0 Å². The second-order valence-corrected chi connectivity index (χ2v) is 6.60. The van der Waals surface area contributed by atoms with Crippen LogP contribution in [-0.4, -0.2) is 17.5 Å². The van der Waals surface area contributed by atoms with Crippen LogP contribution in [0.1, 0.15) is 29.5 Å². The van der Waals surface area contributed by atoms with Gasteiger partial charge in [0.2, 0.25) is 0 Å². The first-order valence-corrected chi connectivity index (χ1v) is 8.25. The van der Waals surface area contributed by atoms with Gasteiger partial charge in [0, 0.05) is 12.6 Å². The van der Waals surface area contributed by atoms with Gasteiger partial charge in [0.25, 0.3) is 0 Å². The molecule has 21 heavy (non-hydrogen) atoms. The molecule has 1 aliphatic carbocycles. The summed E-state index contributed by atoms with van der Waals surface area (Å²) in [5.41, 5.74) is 4.64. The summed E-state index contributed by atoms with van der Waals surface area (Å²) in [4.78, 5) is 2.74. The Balaban J connectivity index is 1.57. The van der Waals surface area contributed by atoms with Crippen LogP contribution >= 0.6 is 0 Å². The molecule has 0 unspecified atom stereocenters. The van der Waals surface area contributed by atoms with Gasteiger partial charge < -0.3 is 0 Å². The van der Waals surface area contributed by atoms with E-state index >= 15 is 0 Å². The molecule has 1 heteroatoms. The van der Waals surface area contributed by atoms with E-state index < -0.39 is 0 Å². The van der Waals surface area contributed by atoms with E-state index in [9.17, 15) is 0 Å². The topological polar surface area (TPSA) is 3.24 Å². The van der Waals surface area contributed by atoms with Gasteiger partial charge in [-0.3, -0.25) is 4.90 Å². The van der Waals surface area contributed by atoms with E-state index in [1.165, 1.54) is 37.8 Å². The zero-order valence-electron chi connectivity index (χ0n) is 12.5. The molecule has 0 saturated carbocycles. The molecule has 0 aromatic heterocycles. The van der Waals surface area contributed by atoms with E-state index in [0.29, 0.717) is 0 Å². The average molecular weight is 277 g/mol. The quantitative estimate of drug-likeness (QED) is 0.800. The minimum atomic E-state index is 0.744. The van der Waals surface area contributed by atoms with Crippen LogP contribution in [0.2, 0.25) is 0 Å². The third-order valence-electron chi connectivity index (χ3n) is 5.29. The van der Waals surface area contributed by atoms with Gasteiger partial charge in [-0.1, -0.05) is 54.6 Å². The highest BCUT2D eigenvalue weighted by Gasteiger charge is 2.35. The van der Waals surface area contributed by atoms with Gasteiger partial charge in [-0.15, -0.1) is 0 Å². The largest absolute Gasteiger partial charge is 0.296 e. The van der Waals surface area contributed by atoms with Crippen molar-refractivity contribution in [3.8, 4) is 0 Å². The second-order valence-electron chi connectivity index (χ2n) is 6.60. The molecule has 2 aliphatic rings. The van der Waals surface area contributed by atoms with Crippen molar-refractivity contribution in [3.05, 3.63) is 71.3 Å². The summed E-state index contributed by atoms with van der Waals surface area (Å²) in [7, 11) is 0. The Morgan fingerprint density at radius 2 is 1.57 bits per heavy atom. The maximum atomic E-state index is 2.74. The van der Waals surface area contributed by atoms with Gasteiger partial charge in [-0.05, 0) is 54.8 Å². The minimum absolute atomic E-state index is 0.744. The molecule has 0 amide bonds. The predicted octanol–water partition coefficient (Wildman–Crippen LogP) is 4.07. The van der Waals surface area contributed by atoms with Crippen LogP contribution in [0.15, 0.2) is 54.6 Å². The average Bonchev–Trinajstić information content (AvgIpc) is 2.54. The van der Waals surface area contributed by atoms with Crippen LogP contribution in [0, 0.1) is 5.92 Å². The summed E-state index contributed by atoms with van der Waals surface area (Å²) < 4.78 is 0. The molecule has 0 N–H and O–H groups in total. The van der Waals surface area contributed by atoms with Crippen molar-refractivity contribution in [2.75, 3.05) is 6.54 Å². The fraction of sp³-hybridized carbons (Fsp3) is 0.400. The Bertz CT molecular complexity index is 604. The van der Waals surface area contributed by atoms with Crippen LogP contribution in [-0.2, 0) is 19.4 Å². The summed E-state index contributed by atoms with van der Waals surface area (Å²) in [5.74, 6) is 0.859. The minimum Gasteiger partial charge on any atom is -0.296 e. The van der Waals surface area contributed by atoms with Crippen LogP contribution < -0.4 is 0 Å². The van der Waals surface area contributed by atoms with E-state index in [2.05, 4.69) is 59.5 Å². The van der Waals surface area contributed by atoms with Gasteiger partial charge >= 0.3 is 0 Å². The van der Waals surface area contributed by atoms with E-state index in [-0.39, 0.29) is 0 Å². The molecular formula is C20H23N. The summed E-state index contributed by atoms with van der Waals surface area (Å²) in [5, 5.41) is 0. The number of piperidine rings is 1. The van der Waals surface area contributed by atoms with Crippen molar-refractivity contribution in [2.24, 2.45) is 5.92 Å². The lowest BCUT2D eigenvalue weighted by Crippen LogP contribution is -2.48. The van der Waals surface area contributed by atoms with Crippen molar-refractivity contribution < 1.29 is 0 Å². The molecule has 1 nitrogen and oxygen atoms in total. The third-order valence-corrected chi connectivity index (χ3v) is 5.29. The Morgan fingerprint density at radius 1 is 0.857 bits per heavy atom. The number of hydrogen-bond acceptors (Lipinski definition) is 1. The van der Waals surface area contributed by atoms with Crippen molar-refractivity contribution in [1.82, 2.24) is 4.90 Å². The smallest absolute Gasteiger partial charge is 0.0236 e. The fourth-order valence-corrected chi connectivity index (χ4v) is 4.22. The molecular weight excluding hydrogens is 254 g/mol. The molecule has 2 aromatic rings. The SMILES string of the molecule is c1ccc(CN2CCC[C@@H]3Cc4ccccc4C[C@@H]32)cc1. The van der Waals surface area contributed by atoms with Crippen LogP contribution in [0.4, 0.5) is 0 Å².